The van der Waals surface area contributed by atoms with E-state index >= 15 is 0 Å². The fraction of sp³-hybridized carbons (Fsp3) is 0.100. The standard InChI is InChI=1S/C10H8ClNS/c1-6-2-3-7(11)9-8(13)4-5-12-10(6)9/h2-5H,1H3,(H,12,13). The van der Waals surface area contributed by atoms with E-state index in [1.807, 2.05) is 31.3 Å². The summed E-state index contributed by atoms with van der Waals surface area (Å²) in [4.78, 5) is 3.15. The molecule has 0 saturated heterocycles. The Balaban J connectivity index is 3.09. The van der Waals surface area contributed by atoms with E-state index in [1.165, 1.54) is 0 Å². The van der Waals surface area contributed by atoms with Gasteiger partial charge >= 0.3 is 0 Å². The zero-order valence-electron chi connectivity index (χ0n) is 7.10. The molecule has 1 aromatic heterocycles. The Labute approximate surface area is 86.4 Å². The number of aromatic nitrogens is 1. The van der Waals surface area contributed by atoms with Crippen LogP contribution in [0.2, 0.25) is 5.02 Å². The monoisotopic (exact) mass is 209 g/mol. The van der Waals surface area contributed by atoms with E-state index in [1.54, 1.807) is 0 Å². The fourth-order valence-electron chi connectivity index (χ4n) is 1.39. The van der Waals surface area contributed by atoms with Gasteiger partial charge in [-0.1, -0.05) is 29.9 Å². The maximum Gasteiger partial charge on any atom is 0.0514 e. The van der Waals surface area contributed by atoms with Crippen LogP contribution in [0.5, 0.6) is 0 Å². The van der Waals surface area contributed by atoms with Gasteiger partial charge < -0.3 is 4.98 Å². The summed E-state index contributed by atoms with van der Waals surface area (Å²) in [5, 5.41) is 1.65. The van der Waals surface area contributed by atoms with Gasteiger partial charge in [-0.05, 0) is 24.6 Å². The number of rotatable bonds is 0. The van der Waals surface area contributed by atoms with Gasteiger partial charge in [-0.15, -0.1) is 0 Å². The van der Waals surface area contributed by atoms with Gasteiger partial charge in [0.1, 0.15) is 0 Å². The highest BCUT2D eigenvalue weighted by Crippen LogP contribution is 2.25. The van der Waals surface area contributed by atoms with Crippen LogP contribution in [0.15, 0.2) is 24.4 Å². The minimum Gasteiger partial charge on any atom is -0.361 e. The minimum atomic E-state index is 0.711. The highest BCUT2D eigenvalue weighted by Gasteiger charge is 2.02. The average Bonchev–Trinajstić information content (AvgIpc) is 2.12. The molecule has 3 heteroatoms. The third-order valence-electron chi connectivity index (χ3n) is 2.07. The molecule has 0 radical (unpaired) electrons. The predicted octanol–water partition coefficient (Wildman–Crippen LogP) is 3.86. The molecular weight excluding hydrogens is 202 g/mol. The topological polar surface area (TPSA) is 15.8 Å². The van der Waals surface area contributed by atoms with Gasteiger partial charge in [-0.3, -0.25) is 0 Å². The van der Waals surface area contributed by atoms with Gasteiger partial charge in [0, 0.05) is 16.1 Å². The van der Waals surface area contributed by atoms with Gasteiger partial charge in [0.25, 0.3) is 0 Å². The molecule has 13 heavy (non-hydrogen) atoms. The second-order valence-electron chi connectivity index (χ2n) is 2.96. The third-order valence-corrected chi connectivity index (χ3v) is 2.73. The van der Waals surface area contributed by atoms with Crippen molar-refractivity contribution in [3.63, 3.8) is 0 Å². The van der Waals surface area contributed by atoms with Crippen LogP contribution in [-0.2, 0) is 0 Å². The number of pyridine rings is 1. The molecule has 1 nitrogen and oxygen atoms in total. The number of halogens is 1. The molecule has 0 aliphatic rings. The fourth-order valence-corrected chi connectivity index (χ4v) is 1.99. The lowest BCUT2D eigenvalue weighted by Crippen LogP contribution is -1.84. The van der Waals surface area contributed by atoms with Crippen LogP contribution in [0.3, 0.4) is 0 Å². The van der Waals surface area contributed by atoms with Crippen LogP contribution in [-0.4, -0.2) is 4.98 Å². The summed E-state index contributed by atoms with van der Waals surface area (Å²) in [7, 11) is 0. The molecule has 0 bridgehead atoms. The van der Waals surface area contributed by atoms with Gasteiger partial charge in [0.15, 0.2) is 0 Å². The van der Waals surface area contributed by atoms with Crippen molar-refractivity contribution in [2.24, 2.45) is 0 Å². The van der Waals surface area contributed by atoms with Gasteiger partial charge in [-0.25, -0.2) is 0 Å². The number of hydrogen-bond acceptors (Lipinski definition) is 1. The molecule has 1 heterocycles. The predicted molar refractivity (Wildman–Crippen MR) is 58.9 cm³/mol. The van der Waals surface area contributed by atoms with Crippen molar-refractivity contribution in [2.45, 2.75) is 6.92 Å². The van der Waals surface area contributed by atoms with Crippen molar-refractivity contribution in [1.29, 1.82) is 0 Å². The third kappa shape index (κ3) is 1.36. The molecule has 0 aliphatic carbocycles. The zero-order valence-corrected chi connectivity index (χ0v) is 8.67. The number of hydrogen-bond donors (Lipinski definition) is 1. The number of benzene rings is 1. The first kappa shape index (κ1) is 8.73. The van der Waals surface area contributed by atoms with Crippen molar-refractivity contribution in [2.75, 3.05) is 0 Å². The Kier molecular flexibility index (Phi) is 2.10. The lowest BCUT2D eigenvalue weighted by molar-refractivity contribution is 1.36. The molecule has 0 atom stereocenters. The quantitative estimate of drug-likeness (QED) is 0.652. The Bertz CT molecular complexity index is 516. The lowest BCUT2D eigenvalue weighted by atomic mass is 10.1. The summed E-state index contributed by atoms with van der Waals surface area (Å²) in [5.74, 6) is 0. The van der Waals surface area contributed by atoms with E-state index in [0.717, 1.165) is 21.0 Å². The van der Waals surface area contributed by atoms with Crippen LogP contribution < -0.4 is 0 Å². The lowest BCUT2D eigenvalue weighted by Gasteiger charge is -2.03. The SMILES string of the molecule is Cc1ccc(Cl)c2c(=S)cc[nH]c12. The first-order valence-electron chi connectivity index (χ1n) is 3.96. The number of fused-ring (bicyclic) bond motifs is 1. The maximum absolute atomic E-state index is 6.05. The van der Waals surface area contributed by atoms with E-state index in [2.05, 4.69) is 4.98 Å². The van der Waals surface area contributed by atoms with Crippen molar-refractivity contribution in [3.8, 4) is 0 Å². The summed E-state index contributed by atoms with van der Waals surface area (Å²) in [6.07, 6.45) is 1.84. The smallest absolute Gasteiger partial charge is 0.0514 e. The van der Waals surface area contributed by atoms with Crippen molar-refractivity contribution in [3.05, 3.63) is 39.5 Å². The molecule has 0 spiro atoms. The molecule has 0 saturated carbocycles. The summed E-state index contributed by atoms with van der Waals surface area (Å²) in [6.45, 7) is 2.03. The zero-order chi connectivity index (χ0) is 9.42. The van der Waals surface area contributed by atoms with Crippen LogP contribution in [0.25, 0.3) is 10.9 Å². The van der Waals surface area contributed by atoms with Crippen molar-refractivity contribution < 1.29 is 0 Å². The summed E-state index contributed by atoms with van der Waals surface area (Å²) in [6, 6.07) is 5.71. The summed E-state index contributed by atoms with van der Waals surface area (Å²) >= 11 is 11.2. The van der Waals surface area contributed by atoms with Gasteiger partial charge in [0.05, 0.1) is 10.5 Å². The number of H-pyrrole nitrogens is 1. The number of nitrogens with one attached hydrogen (secondary N) is 1. The summed E-state index contributed by atoms with van der Waals surface area (Å²) in [5.41, 5.74) is 2.19. The van der Waals surface area contributed by atoms with Gasteiger partial charge in [-0.2, -0.15) is 0 Å². The Morgan fingerprint density at radius 3 is 2.77 bits per heavy atom. The first-order chi connectivity index (χ1) is 6.20. The van der Waals surface area contributed by atoms with E-state index in [-0.39, 0.29) is 0 Å². The van der Waals surface area contributed by atoms with Crippen molar-refractivity contribution >= 4 is 34.7 Å². The molecule has 66 valence electrons. The Morgan fingerprint density at radius 1 is 1.31 bits per heavy atom. The van der Waals surface area contributed by atoms with Crippen LogP contribution in [0.1, 0.15) is 5.56 Å². The maximum atomic E-state index is 6.05. The molecule has 2 rings (SSSR count). The van der Waals surface area contributed by atoms with Crippen LogP contribution in [0, 0.1) is 11.4 Å². The number of aromatic amines is 1. The second-order valence-corrected chi connectivity index (χ2v) is 3.80. The molecule has 1 N–H and O–H groups in total. The normalized spacial score (nSPS) is 10.6. The van der Waals surface area contributed by atoms with E-state index < -0.39 is 0 Å². The Hall–Kier alpha value is -0.860. The molecule has 0 aliphatic heterocycles. The molecule has 0 amide bonds. The molecule has 0 unspecified atom stereocenters. The van der Waals surface area contributed by atoms with Crippen molar-refractivity contribution in [1.82, 2.24) is 4.98 Å². The molecule has 1 aromatic carbocycles. The van der Waals surface area contributed by atoms with E-state index in [0.29, 0.717) is 5.02 Å². The van der Waals surface area contributed by atoms with Crippen LogP contribution in [0.4, 0.5) is 0 Å². The molecule has 0 fully saturated rings. The number of aryl methyl sites for hydroxylation is 1. The first-order valence-corrected chi connectivity index (χ1v) is 4.75. The van der Waals surface area contributed by atoms with E-state index in [9.17, 15) is 0 Å². The highest BCUT2D eigenvalue weighted by atomic mass is 35.5. The molecular formula is C10H8ClNS. The average molecular weight is 210 g/mol. The summed E-state index contributed by atoms with van der Waals surface area (Å²) < 4.78 is 0.794. The largest absolute Gasteiger partial charge is 0.361 e. The Morgan fingerprint density at radius 2 is 2.08 bits per heavy atom. The van der Waals surface area contributed by atoms with Crippen LogP contribution >= 0.6 is 23.8 Å². The molecule has 2 aromatic rings. The van der Waals surface area contributed by atoms with Gasteiger partial charge in [0.2, 0.25) is 0 Å². The minimum absolute atomic E-state index is 0.711. The second kappa shape index (κ2) is 3.13. The highest BCUT2D eigenvalue weighted by molar-refractivity contribution is 7.71. The van der Waals surface area contributed by atoms with E-state index in [4.69, 9.17) is 23.8 Å².